The number of benzene rings is 2. The first-order valence-corrected chi connectivity index (χ1v) is 9.01. The molecule has 0 saturated carbocycles. The van der Waals surface area contributed by atoms with Crippen molar-refractivity contribution in [3.05, 3.63) is 72.2 Å². The number of amides is 1. The third-order valence-electron chi connectivity index (χ3n) is 4.72. The van der Waals surface area contributed by atoms with Crippen molar-refractivity contribution in [1.82, 2.24) is 15.1 Å². The molecule has 138 valence electrons. The molecule has 27 heavy (non-hydrogen) atoms. The maximum atomic E-state index is 13.0. The first kappa shape index (κ1) is 17.3. The fraction of sp³-hybridized carbons (Fsp3) is 0.238. The number of rotatable bonds is 4. The van der Waals surface area contributed by atoms with Crippen LogP contribution in [0, 0.1) is 5.82 Å². The number of H-pyrrole nitrogens is 1. The molecule has 1 fully saturated rings. The molecule has 0 bridgehead atoms. The van der Waals surface area contributed by atoms with Crippen molar-refractivity contribution in [2.24, 2.45) is 0 Å². The molecule has 3 aromatic rings. The molecule has 0 aliphatic carbocycles. The monoisotopic (exact) mass is 365 g/mol. The predicted molar refractivity (Wildman–Crippen MR) is 100.0 cm³/mol. The Bertz CT molecular complexity index is 901. The van der Waals surface area contributed by atoms with E-state index in [9.17, 15) is 9.18 Å². The van der Waals surface area contributed by atoms with Gasteiger partial charge in [0.2, 0.25) is 0 Å². The third kappa shape index (κ3) is 4.00. The Morgan fingerprint density at radius 1 is 1.07 bits per heavy atom. The van der Waals surface area contributed by atoms with Crippen LogP contribution in [0.3, 0.4) is 0 Å². The van der Waals surface area contributed by atoms with Crippen LogP contribution in [-0.4, -0.2) is 40.2 Å². The Kier molecular flexibility index (Phi) is 4.87. The molecule has 1 aliphatic heterocycles. The predicted octanol–water partition coefficient (Wildman–Crippen LogP) is 3.90. The zero-order chi connectivity index (χ0) is 18.6. The number of nitrogens with zero attached hydrogens (tertiary/aromatic N) is 2. The summed E-state index contributed by atoms with van der Waals surface area (Å²) in [5.74, 6) is 0.486. The van der Waals surface area contributed by atoms with Gasteiger partial charge in [-0.15, -0.1) is 0 Å². The minimum absolute atomic E-state index is 0.0750. The number of ether oxygens (including phenoxy) is 1. The minimum Gasteiger partial charge on any atom is -0.490 e. The molecule has 0 radical (unpaired) electrons. The lowest BCUT2D eigenvalue weighted by molar-refractivity contribution is 0.0590. The van der Waals surface area contributed by atoms with E-state index in [0.717, 1.165) is 24.2 Å². The Morgan fingerprint density at radius 2 is 1.78 bits per heavy atom. The van der Waals surface area contributed by atoms with Gasteiger partial charge in [0.1, 0.15) is 23.4 Å². The van der Waals surface area contributed by atoms with Crippen LogP contribution in [0.15, 0.2) is 60.7 Å². The lowest BCUT2D eigenvalue weighted by Gasteiger charge is -2.31. The number of piperidine rings is 1. The van der Waals surface area contributed by atoms with E-state index in [-0.39, 0.29) is 17.8 Å². The zero-order valence-electron chi connectivity index (χ0n) is 14.8. The van der Waals surface area contributed by atoms with Gasteiger partial charge in [-0.1, -0.05) is 18.2 Å². The van der Waals surface area contributed by atoms with Crippen molar-refractivity contribution < 1.29 is 13.9 Å². The molecule has 1 saturated heterocycles. The van der Waals surface area contributed by atoms with Crippen LogP contribution in [-0.2, 0) is 0 Å². The zero-order valence-corrected chi connectivity index (χ0v) is 14.8. The topological polar surface area (TPSA) is 58.2 Å². The van der Waals surface area contributed by atoms with Crippen LogP contribution in [0.2, 0.25) is 0 Å². The largest absolute Gasteiger partial charge is 0.490 e. The average molecular weight is 365 g/mol. The molecule has 5 nitrogen and oxygen atoms in total. The summed E-state index contributed by atoms with van der Waals surface area (Å²) in [6, 6.07) is 17.5. The van der Waals surface area contributed by atoms with E-state index < -0.39 is 0 Å². The van der Waals surface area contributed by atoms with E-state index in [0.29, 0.717) is 24.5 Å². The molecular formula is C21H20FN3O2. The van der Waals surface area contributed by atoms with E-state index in [1.807, 2.05) is 35.2 Å². The van der Waals surface area contributed by atoms with E-state index >= 15 is 0 Å². The Balaban J connectivity index is 1.36. The lowest BCUT2D eigenvalue weighted by Crippen LogP contribution is -2.41. The maximum Gasteiger partial charge on any atom is 0.271 e. The van der Waals surface area contributed by atoms with Crippen LogP contribution in [0.4, 0.5) is 4.39 Å². The highest BCUT2D eigenvalue weighted by atomic mass is 19.1. The number of carbonyl (C=O) groups is 1. The summed E-state index contributed by atoms with van der Waals surface area (Å²) >= 11 is 0. The number of likely N-dealkylation sites (tertiary alicyclic amines) is 1. The van der Waals surface area contributed by atoms with Gasteiger partial charge in [0.15, 0.2) is 0 Å². The molecule has 0 unspecified atom stereocenters. The Labute approximate surface area is 156 Å². The summed E-state index contributed by atoms with van der Waals surface area (Å²) in [6.07, 6.45) is 1.70. The van der Waals surface area contributed by atoms with Gasteiger partial charge in [-0.25, -0.2) is 4.39 Å². The van der Waals surface area contributed by atoms with Crippen molar-refractivity contribution >= 4 is 5.91 Å². The van der Waals surface area contributed by atoms with Crippen LogP contribution in [0.25, 0.3) is 11.3 Å². The molecule has 0 spiro atoms. The number of nitrogens with one attached hydrogen (secondary N) is 1. The molecule has 2 aromatic carbocycles. The van der Waals surface area contributed by atoms with Gasteiger partial charge in [0, 0.05) is 31.5 Å². The van der Waals surface area contributed by atoms with Gasteiger partial charge < -0.3 is 9.64 Å². The minimum atomic E-state index is -0.300. The highest BCUT2D eigenvalue weighted by Gasteiger charge is 2.25. The number of hydrogen-bond acceptors (Lipinski definition) is 3. The molecule has 6 heteroatoms. The number of aromatic nitrogens is 2. The standard InChI is InChI=1S/C21H20FN3O2/c22-16-8-6-15(7-9-16)19-14-20(24-23-19)21(26)25-12-10-18(11-13-25)27-17-4-2-1-3-5-17/h1-9,14,18H,10-13H2,(H,23,24). The van der Waals surface area contributed by atoms with E-state index in [2.05, 4.69) is 10.2 Å². The van der Waals surface area contributed by atoms with Crippen molar-refractivity contribution in [1.29, 1.82) is 0 Å². The van der Waals surface area contributed by atoms with Crippen molar-refractivity contribution in [3.8, 4) is 17.0 Å². The normalized spacial score (nSPS) is 14.9. The van der Waals surface area contributed by atoms with Gasteiger partial charge in [-0.3, -0.25) is 9.89 Å². The fourth-order valence-corrected chi connectivity index (χ4v) is 3.24. The van der Waals surface area contributed by atoms with Crippen LogP contribution in [0.1, 0.15) is 23.3 Å². The highest BCUT2D eigenvalue weighted by molar-refractivity contribution is 5.93. The number of halogens is 1. The third-order valence-corrected chi connectivity index (χ3v) is 4.72. The van der Waals surface area contributed by atoms with E-state index in [1.165, 1.54) is 12.1 Å². The second-order valence-corrected chi connectivity index (χ2v) is 6.60. The SMILES string of the molecule is O=C(c1cc(-c2ccc(F)cc2)n[nH]1)N1CCC(Oc2ccccc2)CC1. The first-order valence-electron chi connectivity index (χ1n) is 9.01. The molecule has 1 aliphatic rings. The van der Waals surface area contributed by atoms with Crippen molar-refractivity contribution in [3.63, 3.8) is 0 Å². The quantitative estimate of drug-likeness (QED) is 0.763. The summed E-state index contributed by atoms with van der Waals surface area (Å²) in [4.78, 5) is 14.5. The number of aromatic amines is 1. The highest BCUT2D eigenvalue weighted by Crippen LogP contribution is 2.22. The first-order chi connectivity index (χ1) is 13.2. The summed E-state index contributed by atoms with van der Waals surface area (Å²) in [7, 11) is 0. The molecule has 1 aromatic heterocycles. The van der Waals surface area contributed by atoms with Gasteiger partial charge in [0.25, 0.3) is 5.91 Å². The van der Waals surface area contributed by atoms with Gasteiger partial charge in [-0.2, -0.15) is 5.10 Å². The molecule has 1 amide bonds. The summed E-state index contributed by atoms with van der Waals surface area (Å²) in [6.45, 7) is 1.28. The van der Waals surface area contributed by atoms with Gasteiger partial charge in [0.05, 0.1) is 5.69 Å². The summed E-state index contributed by atoms with van der Waals surface area (Å²) < 4.78 is 19.0. The molecular weight excluding hydrogens is 345 g/mol. The number of para-hydroxylation sites is 1. The fourth-order valence-electron chi connectivity index (χ4n) is 3.24. The van der Waals surface area contributed by atoms with E-state index in [4.69, 9.17) is 4.74 Å². The van der Waals surface area contributed by atoms with E-state index in [1.54, 1.807) is 18.2 Å². The van der Waals surface area contributed by atoms with Crippen LogP contribution < -0.4 is 4.74 Å². The number of carbonyl (C=O) groups excluding carboxylic acids is 1. The van der Waals surface area contributed by atoms with Crippen LogP contribution in [0.5, 0.6) is 5.75 Å². The smallest absolute Gasteiger partial charge is 0.271 e. The Morgan fingerprint density at radius 3 is 2.48 bits per heavy atom. The second kappa shape index (κ2) is 7.61. The molecule has 4 rings (SSSR count). The van der Waals surface area contributed by atoms with Gasteiger partial charge in [-0.05, 0) is 42.5 Å². The second-order valence-electron chi connectivity index (χ2n) is 6.60. The van der Waals surface area contributed by atoms with Crippen molar-refractivity contribution in [2.75, 3.05) is 13.1 Å². The lowest BCUT2D eigenvalue weighted by atomic mass is 10.1. The molecule has 0 atom stereocenters. The van der Waals surface area contributed by atoms with Gasteiger partial charge >= 0.3 is 0 Å². The summed E-state index contributed by atoms with van der Waals surface area (Å²) in [5, 5.41) is 6.98. The van der Waals surface area contributed by atoms with Crippen molar-refractivity contribution in [2.45, 2.75) is 18.9 Å². The molecule has 1 N–H and O–H groups in total. The molecule has 2 heterocycles. The van der Waals surface area contributed by atoms with Crippen LogP contribution >= 0.6 is 0 Å². The number of hydrogen-bond donors (Lipinski definition) is 1. The average Bonchev–Trinajstić information content (AvgIpc) is 3.20. The summed E-state index contributed by atoms with van der Waals surface area (Å²) in [5.41, 5.74) is 1.83. The maximum absolute atomic E-state index is 13.0. The Hall–Kier alpha value is -3.15.